The molecule has 3 aromatic heterocycles. The van der Waals surface area contributed by atoms with E-state index in [1.54, 1.807) is 11.1 Å². The smallest absolute Gasteiger partial charge is 0.0666 e. The zero-order valence-corrected chi connectivity index (χ0v) is 30.1. The Morgan fingerprint density at radius 2 is 0.769 bits per heavy atom. The molecule has 3 heterocycles. The number of hydrogen-bond donors (Lipinski definition) is 0. The first-order chi connectivity index (χ1) is 25.6. The second kappa shape index (κ2) is 10.2. The number of nitrogens with zero attached hydrogens (tertiary/aromatic N) is 3. The first-order valence-corrected chi connectivity index (χ1v) is 20.6. The molecule has 15 rings (SSSR count). The Morgan fingerprint density at radius 3 is 1.17 bits per heavy atom. The number of para-hydroxylation sites is 2. The van der Waals surface area contributed by atoms with E-state index in [2.05, 4.69) is 113 Å². The van der Waals surface area contributed by atoms with Crippen LogP contribution in [0.25, 0.3) is 55.0 Å². The van der Waals surface area contributed by atoms with Crippen molar-refractivity contribution in [2.45, 2.75) is 87.9 Å². The Kier molecular flexibility index (Phi) is 5.71. The molecule has 3 heteroatoms. The predicted octanol–water partition coefficient (Wildman–Crippen LogP) is 12.2. The molecule has 8 bridgehead atoms. The van der Waals surface area contributed by atoms with E-state index in [4.69, 9.17) is 4.98 Å². The summed E-state index contributed by atoms with van der Waals surface area (Å²) in [5.41, 5.74) is 11.3. The molecule has 0 spiro atoms. The maximum atomic E-state index is 4.97. The van der Waals surface area contributed by atoms with Crippen LogP contribution in [-0.2, 0) is 10.8 Å². The SMILES string of the molecule is c1ccc2c(c1)c1cc(C34CC5CC(CC(C5)C3)C4)ccc1n2-c1cncc(-n2c3ccccc3c3cc(C45CC6CC(CC(C6)C4)C5)ccc32)c1. The number of fused-ring (bicyclic) bond motifs is 6. The van der Waals surface area contributed by atoms with Crippen LogP contribution in [0.15, 0.2) is 103 Å². The topological polar surface area (TPSA) is 22.8 Å². The van der Waals surface area contributed by atoms with Crippen molar-refractivity contribution in [2.75, 3.05) is 0 Å². The molecular weight excluding hydrogens is 631 g/mol. The molecule has 0 atom stereocenters. The van der Waals surface area contributed by atoms with Crippen molar-refractivity contribution in [1.29, 1.82) is 0 Å². The third-order valence-electron chi connectivity index (χ3n) is 15.9. The van der Waals surface area contributed by atoms with Crippen LogP contribution in [0.3, 0.4) is 0 Å². The zero-order chi connectivity index (χ0) is 33.8. The third-order valence-corrected chi connectivity index (χ3v) is 15.9. The second-order valence-electron chi connectivity index (χ2n) is 19.0. The minimum Gasteiger partial charge on any atom is -0.308 e. The van der Waals surface area contributed by atoms with Gasteiger partial charge in [-0.25, -0.2) is 0 Å². The monoisotopic (exact) mass is 677 g/mol. The van der Waals surface area contributed by atoms with Crippen molar-refractivity contribution in [1.82, 2.24) is 14.1 Å². The molecular formula is C49H47N3. The van der Waals surface area contributed by atoms with E-state index < -0.39 is 0 Å². The summed E-state index contributed by atoms with van der Waals surface area (Å²) in [7, 11) is 0. The summed E-state index contributed by atoms with van der Waals surface area (Å²) < 4.78 is 4.95. The van der Waals surface area contributed by atoms with E-state index >= 15 is 0 Å². The fraction of sp³-hybridized carbons (Fsp3) is 0.408. The molecule has 52 heavy (non-hydrogen) atoms. The number of pyridine rings is 1. The molecule has 8 aliphatic carbocycles. The van der Waals surface area contributed by atoms with Crippen molar-refractivity contribution in [3.63, 3.8) is 0 Å². The summed E-state index contributed by atoms with van der Waals surface area (Å²) in [6, 6.07) is 35.6. The van der Waals surface area contributed by atoms with E-state index in [-0.39, 0.29) is 0 Å². The lowest BCUT2D eigenvalue weighted by Gasteiger charge is -2.57. The highest BCUT2D eigenvalue weighted by Crippen LogP contribution is 2.62. The van der Waals surface area contributed by atoms with Gasteiger partial charge in [-0.15, -0.1) is 0 Å². The van der Waals surface area contributed by atoms with Gasteiger partial charge in [-0.3, -0.25) is 4.98 Å². The van der Waals surface area contributed by atoms with Gasteiger partial charge < -0.3 is 9.13 Å². The summed E-state index contributed by atoms with van der Waals surface area (Å²) in [4.78, 5) is 4.97. The van der Waals surface area contributed by atoms with Crippen LogP contribution in [0.4, 0.5) is 0 Å². The van der Waals surface area contributed by atoms with Gasteiger partial charge in [0.15, 0.2) is 0 Å². The maximum Gasteiger partial charge on any atom is 0.0666 e. The van der Waals surface area contributed by atoms with Crippen molar-refractivity contribution < 1.29 is 0 Å². The Labute approximate surface area is 306 Å². The van der Waals surface area contributed by atoms with Gasteiger partial charge in [-0.05, 0) is 177 Å². The highest BCUT2D eigenvalue weighted by atomic mass is 15.0. The van der Waals surface area contributed by atoms with E-state index in [9.17, 15) is 0 Å². The summed E-state index contributed by atoms with van der Waals surface area (Å²) >= 11 is 0. The van der Waals surface area contributed by atoms with E-state index in [0.717, 1.165) is 46.9 Å². The molecule has 8 fully saturated rings. The van der Waals surface area contributed by atoms with E-state index in [1.165, 1.54) is 121 Å². The highest BCUT2D eigenvalue weighted by molar-refractivity contribution is 6.11. The van der Waals surface area contributed by atoms with Gasteiger partial charge >= 0.3 is 0 Å². The Morgan fingerprint density at radius 1 is 0.404 bits per heavy atom. The molecule has 8 aliphatic rings. The fourth-order valence-electron chi connectivity index (χ4n) is 14.8. The fourth-order valence-corrected chi connectivity index (χ4v) is 14.8. The summed E-state index contributed by atoms with van der Waals surface area (Å²) in [6.45, 7) is 0. The normalized spacial score (nSPS) is 33.0. The minimum absolute atomic E-state index is 0.389. The van der Waals surface area contributed by atoms with Gasteiger partial charge in [0.05, 0.1) is 45.8 Å². The number of aromatic nitrogens is 3. The van der Waals surface area contributed by atoms with Crippen LogP contribution in [0.2, 0.25) is 0 Å². The van der Waals surface area contributed by atoms with Crippen molar-refractivity contribution in [3.05, 3.63) is 115 Å². The molecule has 8 saturated carbocycles. The van der Waals surface area contributed by atoms with Crippen LogP contribution in [0.5, 0.6) is 0 Å². The molecule has 0 aliphatic heterocycles. The number of rotatable bonds is 4. The van der Waals surface area contributed by atoms with Crippen molar-refractivity contribution in [3.8, 4) is 11.4 Å². The zero-order valence-electron chi connectivity index (χ0n) is 30.1. The highest BCUT2D eigenvalue weighted by Gasteiger charge is 2.53. The molecule has 258 valence electrons. The molecule has 7 aromatic rings. The van der Waals surface area contributed by atoms with Crippen LogP contribution in [0.1, 0.15) is 88.2 Å². The van der Waals surface area contributed by atoms with Gasteiger partial charge in [0, 0.05) is 21.5 Å². The predicted molar refractivity (Wildman–Crippen MR) is 213 cm³/mol. The summed E-state index contributed by atoms with van der Waals surface area (Å²) in [5, 5.41) is 5.48. The van der Waals surface area contributed by atoms with E-state index in [0.29, 0.717) is 10.8 Å². The Balaban J connectivity index is 0.955. The minimum atomic E-state index is 0.389. The summed E-state index contributed by atoms with van der Waals surface area (Å²) in [6.07, 6.45) is 21.5. The average Bonchev–Trinajstić information content (AvgIpc) is 3.66. The van der Waals surface area contributed by atoms with Gasteiger partial charge in [-0.2, -0.15) is 0 Å². The average molecular weight is 678 g/mol. The van der Waals surface area contributed by atoms with Crippen LogP contribution in [-0.4, -0.2) is 14.1 Å². The van der Waals surface area contributed by atoms with E-state index in [1.807, 2.05) is 0 Å². The Hall–Kier alpha value is -4.37. The molecule has 3 nitrogen and oxygen atoms in total. The first-order valence-electron chi connectivity index (χ1n) is 20.6. The largest absolute Gasteiger partial charge is 0.308 e. The van der Waals surface area contributed by atoms with Crippen LogP contribution >= 0.6 is 0 Å². The van der Waals surface area contributed by atoms with Crippen molar-refractivity contribution in [2.24, 2.45) is 35.5 Å². The third kappa shape index (κ3) is 3.95. The van der Waals surface area contributed by atoms with Crippen LogP contribution in [0, 0.1) is 35.5 Å². The van der Waals surface area contributed by atoms with Crippen LogP contribution < -0.4 is 0 Å². The van der Waals surface area contributed by atoms with Crippen molar-refractivity contribution >= 4 is 43.6 Å². The number of benzene rings is 4. The van der Waals surface area contributed by atoms with Gasteiger partial charge in [0.1, 0.15) is 0 Å². The lowest BCUT2D eigenvalue weighted by molar-refractivity contribution is -0.00524. The van der Waals surface area contributed by atoms with Gasteiger partial charge in [-0.1, -0.05) is 48.5 Å². The lowest BCUT2D eigenvalue weighted by Crippen LogP contribution is -2.48. The molecule has 0 amide bonds. The number of hydrogen-bond acceptors (Lipinski definition) is 1. The summed E-state index contributed by atoms with van der Waals surface area (Å²) in [5.74, 6) is 5.68. The van der Waals surface area contributed by atoms with Gasteiger partial charge in [0.25, 0.3) is 0 Å². The molecule has 0 saturated heterocycles. The maximum absolute atomic E-state index is 4.97. The first kappa shape index (κ1) is 29.1. The molecule has 0 unspecified atom stereocenters. The lowest BCUT2D eigenvalue weighted by atomic mass is 9.48. The molecule has 0 radical (unpaired) electrons. The molecule has 4 aromatic carbocycles. The second-order valence-corrected chi connectivity index (χ2v) is 19.0. The standard InChI is InChI=1S/C49H47N3/c1-3-7-44-40(5-1)42-19-36(48-22-30-13-31(23-48)15-32(14-30)24-48)9-11-46(42)51(44)38-21-39(29-50-28-38)52-45-8-4-2-6-41(45)43-20-37(10-12-47(43)52)49-25-33-16-34(26-49)18-35(17-33)27-49/h1-12,19-21,28-35H,13-18,22-27H2. The molecule has 0 N–H and O–H groups in total. The van der Waals surface area contributed by atoms with Gasteiger partial charge in [0.2, 0.25) is 0 Å². The Bertz CT molecular complexity index is 2370. The quantitative estimate of drug-likeness (QED) is 0.182.